The van der Waals surface area contributed by atoms with E-state index >= 15 is 0 Å². The van der Waals surface area contributed by atoms with Crippen LogP contribution in [0, 0.1) is 0 Å². The highest BCUT2D eigenvalue weighted by molar-refractivity contribution is 9.10. The first-order valence-corrected chi connectivity index (χ1v) is 5.28. The van der Waals surface area contributed by atoms with Crippen molar-refractivity contribution in [3.05, 3.63) is 40.9 Å². The fourth-order valence-electron chi connectivity index (χ4n) is 1.40. The second kappa shape index (κ2) is 4.01. The van der Waals surface area contributed by atoms with Crippen molar-refractivity contribution in [1.82, 2.24) is 0 Å². The minimum Gasteiger partial charge on any atom is -0.194 e. The topological polar surface area (TPSA) is 12.4 Å². The maximum atomic E-state index is 4.60. The van der Waals surface area contributed by atoms with Gasteiger partial charge in [0.05, 0.1) is 10.8 Å². The van der Waals surface area contributed by atoms with Crippen molar-refractivity contribution < 1.29 is 0 Å². The average Bonchev–Trinajstić information content (AvgIpc) is 2.20. The SMILES string of the molecule is S=C=Nc1cccc2c(Br)cccc12. The zero-order valence-electron chi connectivity index (χ0n) is 7.20. The first-order valence-electron chi connectivity index (χ1n) is 4.08. The molecule has 14 heavy (non-hydrogen) atoms. The molecule has 0 N–H and O–H groups in total. The van der Waals surface area contributed by atoms with Gasteiger partial charge in [0.15, 0.2) is 0 Å². The smallest absolute Gasteiger partial charge is 0.0818 e. The molecule has 0 unspecified atom stereocenters. The van der Waals surface area contributed by atoms with Crippen LogP contribution in [0.2, 0.25) is 0 Å². The number of benzene rings is 2. The summed E-state index contributed by atoms with van der Waals surface area (Å²) in [6.45, 7) is 0. The Labute approximate surface area is 95.6 Å². The molecule has 68 valence electrons. The summed E-state index contributed by atoms with van der Waals surface area (Å²) in [5, 5.41) is 4.61. The van der Waals surface area contributed by atoms with Crippen LogP contribution >= 0.6 is 28.1 Å². The molecule has 2 rings (SSSR count). The van der Waals surface area contributed by atoms with Crippen molar-refractivity contribution in [3.63, 3.8) is 0 Å². The van der Waals surface area contributed by atoms with E-state index in [0.717, 1.165) is 20.9 Å². The van der Waals surface area contributed by atoms with E-state index in [9.17, 15) is 0 Å². The van der Waals surface area contributed by atoms with Crippen LogP contribution in [0.1, 0.15) is 0 Å². The fraction of sp³-hybridized carbons (Fsp3) is 0. The van der Waals surface area contributed by atoms with Crippen molar-refractivity contribution in [2.45, 2.75) is 0 Å². The summed E-state index contributed by atoms with van der Waals surface area (Å²) < 4.78 is 1.07. The van der Waals surface area contributed by atoms with Crippen LogP contribution in [-0.2, 0) is 0 Å². The third kappa shape index (κ3) is 1.62. The Morgan fingerprint density at radius 1 is 1.07 bits per heavy atom. The lowest BCUT2D eigenvalue weighted by Gasteiger charge is -2.01. The van der Waals surface area contributed by atoms with E-state index in [2.05, 4.69) is 38.3 Å². The summed E-state index contributed by atoms with van der Waals surface area (Å²) in [5.41, 5.74) is 0.860. The molecule has 0 aliphatic rings. The third-order valence-electron chi connectivity index (χ3n) is 2.01. The van der Waals surface area contributed by atoms with Crippen LogP contribution in [0.15, 0.2) is 45.9 Å². The van der Waals surface area contributed by atoms with E-state index in [1.165, 1.54) is 0 Å². The Bertz CT molecular complexity index is 530. The number of rotatable bonds is 1. The van der Waals surface area contributed by atoms with Gasteiger partial charge < -0.3 is 0 Å². The summed E-state index contributed by atoms with van der Waals surface area (Å²) in [6, 6.07) is 11.9. The molecular formula is C11H6BrNS. The minimum atomic E-state index is 0.860. The number of nitrogens with zero attached hydrogens (tertiary/aromatic N) is 1. The van der Waals surface area contributed by atoms with Crippen LogP contribution in [0.5, 0.6) is 0 Å². The summed E-state index contributed by atoms with van der Waals surface area (Å²) in [5.74, 6) is 0. The molecule has 1 nitrogen and oxygen atoms in total. The Kier molecular flexibility index (Phi) is 2.73. The summed E-state index contributed by atoms with van der Waals surface area (Å²) in [7, 11) is 0. The molecule has 0 aliphatic heterocycles. The Morgan fingerprint density at radius 3 is 2.57 bits per heavy atom. The van der Waals surface area contributed by atoms with Gasteiger partial charge in [0.1, 0.15) is 0 Å². The lowest BCUT2D eigenvalue weighted by molar-refractivity contribution is 1.59. The molecule has 0 fully saturated rings. The minimum absolute atomic E-state index is 0.860. The number of fused-ring (bicyclic) bond motifs is 1. The molecule has 0 aliphatic carbocycles. The highest BCUT2D eigenvalue weighted by atomic mass is 79.9. The van der Waals surface area contributed by atoms with Crippen LogP contribution in [-0.4, -0.2) is 5.16 Å². The molecule has 0 heterocycles. The number of halogens is 1. The van der Waals surface area contributed by atoms with Crippen LogP contribution in [0.3, 0.4) is 0 Å². The molecule has 0 aromatic heterocycles. The molecule has 2 aromatic carbocycles. The number of hydrogen-bond donors (Lipinski definition) is 0. The second-order valence-corrected chi connectivity index (χ2v) is 3.85. The molecule has 0 radical (unpaired) electrons. The number of thiocarbonyl (C=S) groups is 1. The van der Waals surface area contributed by atoms with Crippen LogP contribution in [0.4, 0.5) is 5.69 Å². The first-order chi connectivity index (χ1) is 6.83. The van der Waals surface area contributed by atoms with Crippen molar-refractivity contribution in [3.8, 4) is 0 Å². The van der Waals surface area contributed by atoms with E-state index in [1.807, 2.05) is 36.4 Å². The highest BCUT2D eigenvalue weighted by Crippen LogP contribution is 2.30. The summed E-state index contributed by atoms with van der Waals surface area (Å²) in [4.78, 5) is 4.02. The monoisotopic (exact) mass is 263 g/mol. The Hall–Kier alpha value is -1.02. The molecule has 0 bridgehead atoms. The zero-order valence-corrected chi connectivity index (χ0v) is 9.60. The molecule has 0 spiro atoms. The van der Waals surface area contributed by atoms with Gasteiger partial charge in [-0.05, 0) is 29.7 Å². The first kappa shape index (κ1) is 9.53. The van der Waals surface area contributed by atoms with Gasteiger partial charge in [-0.2, -0.15) is 4.99 Å². The zero-order chi connectivity index (χ0) is 9.97. The van der Waals surface area contributed by atoms with E-state index in [0.29, 0.717) is 0 Å². The summed E-state index contributed by atoms with van der Waals surface area (Å²) in [6.07, 6.45) is 0. The van der Waals surface area contributed by atoms with E-state index < -0.39 is 0 Å². The van der Waals surface area contributed by atoms with Gasteiger partial charge in [0, 0.05) is 9.86 Å². The Morgan fingerprint density at radius 2 is 1.79 bits per heavy atom. The molecular weight excluding hydrogens is 258 g/mol. The predicted molar refractivity (Wildman–Crippen MR) is 66.3 cm³/mol. The van der Waals surface area contributed by atoms with Crippen molar-refractivity contribution in [2.24, 2.45) is 4.99 Å². The molecule has 2 aromatic rings. The largest absolute Gasteiger partial charge is 0.194 e. The molecule has 3 heteroatoms. The maximum absolute atomic E-state index is 4.60. The normalized spacial score (nSPS) is 9.79. The van der Waals surface area contributed by atoms with Gasteiger partial charge in [-0.3, -0.25) is 0 Å². The fourth-order valence-corrected chi connectivity index (χ4v) is 2.00. The number of aliphatic imine (C=N–C) groups is 1. The van der Waals surface area contributed by atoms with Gasteiger partial charge in [0.2, 0.25) is 0 Å². The maximum Gasteiger partial charge on any atom is 0.0818 e. The van der Waals surface area contributed by atoms with Gasteiger partial charge >= 0.3 is 0 Å². The van der Waals surface area contributed by atoms with Crippen molar-refractivity contribution in [1.29, 1.82) is 0 Å². The highest BCUT2D eigenvalue weighted by Gasteiger charge is 2.00. The number of hydrogen-bond acceptors (Lipinski definition) is 2. The number of isothiocyanates is 1. The molecule has 0 saturated heterocycles. The molecule has 0 saturated carbocycles. The average molecular weight is 264 g/mol. The van der Waals surface area contributed by atoms with Crippen LogP contribution in [0.25, 0.3) is 10.8 Å². The third-order valence-corrected chi connectivity index (χ3v) is 2.79. The van der Waals surface area contributed by atoms with Crippen molar-refractivity contribution >= 4 is 49.8 Å². The van der Waals surface area contributed by atoms with Gasteiger partial charge in [0.25, 0.3) is 0 Å². The quantitative estimate of drug-likeness (QED) is 0.551. The van der Waals surface area contributed by atoms with Crippen LogP contribution < -0.4 is 0 Å². The Balaban J connectivity index is 2.87. The summed E-state index contributed by atoms with van der Waals surface area (Å²) >= 11 is 8.10. The van der Waals surface area contributed by atoms with E-state index in [-0.39, 0.29) is 0 Å². The van der Waals surface area contributed by atoms with Gasteiger partial charge in [-0.15, -0.1) is 0 Å². The lowest BCUT2D eigenvalue weighted by Crippen LogP contribution is -1.74. The standard InChI is InChI=1S/C11H6BrNS/c12-10-5-1-4-9-8(10)3-2-6-11(9)13-7-14/h1-6H. The van der Waals surface area contributed by atoms with Gasteiger partial charge in [-0.25, -0.2) is 0 Å². The van der Waals surface area contributed by atoms with E-state index in [4.69, 9.17) is 0 Å². The molecule has 0 amide bonds. The lowest BCUT2D eigenvalue weighted by atomic mass is 10.1. The van der Waals surface area contributed by atoms with Gasteiger partial charge in [-0.1, -0.05) is 40.2 Å². The second-order valence-electron chi connectivity index (χ2n) is 2.82. The molecule has 0 atom stereocenters. The van der Waals surface area contributed by atoms with Crippen molar-refractivity contribution in [2.75, 3.05) is 0 Å². The predicted octanol–water partition coefficient (Wildman–Crippen LogP) is 4.34. The van der Waals surface area contributed by atoms with E-state index in [1.54, 1.807) is 0 Å².